The van der Waals surface area contributed by atoms with Crippen LogP contribution >= 0.6 is 0 Å². The van der Waals surface area contributed by atoms with E-state index in [2.05, 4.69) is 10.4 Å². The largest absolute Gasteiger partial charge is 0.437 e. The zero-order valence-corrected chi connectivity index (χ0v) is 21.5. The monoisotopic (exact) mass is 612 g/mol. The predicted octanol–water partition coefficient (Wildman–Crippen LogP) is 4.06. The number of alkyl halides is 7. The van der Waals surface area contributed by atoms with Crippen LogP contribution < -0.4 is 5.43 Å². The Hall–Kier alpha value is -3.50. The Morgan fingerprint density at radius 1 is 0.951 bits per heavy atom. The molecule has 222 valence electrons. The summed E-state index contributed by atoms with van der Waals surface area (Å²) in [5.74, 6) is -1.24. The van der Waals surface area contributed by atoms with Crippen molar-refractivity contribution < 1.29 is 53.1 Å². The van der Waals surface area contributed by atoms with Crippen LogP contribution in [0.4, 0.5) is 39.9 Å². The summed E-state index contributed by atoms with van der Waals surface area (Å²) in [6.07, 6.45) is -13.9. The topological polar surface area (TPSA) is 99.7 Å². The van der Waals surface area contributed by atoms with Crippen LogP contribution in [0.5, 0.6) is 0 Å². The van der Waals surface area contributed by atoms with Gasteiger partial charge in [-0.2, -0.15) is 26.3 Å². The molecule has 41 heavy (non-hydrogen) atoms. The van der Waals surface area contributed by atoms with E-state index >= 15 is 0 Å². The molecule has 3 heterocycles. The maximum atomic E-state index is 14.8. The number of carbonyl (C=O) groups excluding carboxylic acids is 2. The summed E-state index contributed by atoms with van der Waals surface area (Å²) < 4.78 is 135. The number of hydrazine groups is 1. The molecule has 2 fully saturated rings. The first kappa shape index (κ1) is 29.0. The van der Waals surface area contributed by atoms with Crippen molar-refractivity contribution in [3.63, 3.8) is 0 Å². The summed E-state index contributed by atoms with van der Waals surface area (Å²) in [7, 11) is -4.64. The molecule has 1 N–H and O–H groups in total. The molecule has 0 spiro atoms. The van der Waals surface area contributed by atoms with Gasteiger partial charge in [-0.15, -0.1) is 0 Å². The summed E-state index contributed by atoms with van der Waals surface area (Å²) in [4.78, 5) is 29.1. The smallest absolute Gasteiger partial charge is 0.318 e. The van der Waals surface area contributed by atoms with Crippen molar-refractivity contribution in [3.05, 3.63) is 59.2 Å². The van der Waals surface area contributed by atoms with E-state index in [1.54, 1.807) is 0 Å². The number of nitrogens with one attached hydrogen (secondary N) is 1. The third-order valence-electron chi connectivity index (χ3n) is 7.76. The number of hydrogen-bond acceptors (Lipinski definition) is 5. The van der Waals surface area contributed by atoms with Crippen LogP contribution in [0.1, 0.15) is 36.2 Å². The Morgan fingerprint density at radius 2 is 1.59 bits per heavy atom. The molecule has 0 saturated carbocycles. The van der Waals surface area contributed by atoms with Gasteiger partial charge in [0.25, 0.3) is 0 Å². The highest BCUT2D eigenvalue weighted by Crippen LogP contribution is 2.56. The maximum absolute atomic E-state index is 14.8. The number of likely N-dealkylation sites (tertiary alicyclic amines) is 1. The number of pyridine rings is 1. The van der Waals surface area contributed by atoms with Gasteiger partial charge in [0.1, 0.15) is 10.6 Å². The Balaban J connectivity index is 1.68. The molecule has 2 saturated heterocycles. The molecular weight excluding hydrogens is 592 g/mol. The lowest BCUT2D eigenvalue weighted by atomic mass is 9.80. The van der Waals surface area contributed by atoms with E-state index in [0.717, 1.165) is 34.2 Å². The van der Waals surface area contributed by atoms with Gasteiger partial charge in [-0.3, -0.25) is 15.2 Å². The van der Waals surface area contributed by atoms with Crippen molar-refractivity contribution in [3.8, 4) is 0 Å². The van der Waals surface area contributed by atoms with Gasteiger partial charge in [0.2, 0.25) is 5.91 Å². The van der Waals surface area contributed by atoms with Crippen molar-refractivity contribution in [1.29, 1.82) is 0 Å². The molecule has 17 heteroatoms. The van der Waals surface area contributed by atoms with Gasteiger partial charge in [0.15, 0.2) is 9.84 Å². The fraction of sp³-hybridized carbons (Fsp3) is 0.458. The van der Waals surface area contributed by atoms with Crippen molar-refractivity contribution in [2.75, 3.05) is 13.1 Å². The minimum atomic E-state index is -6.43. The highest BCUT2D eigenvalue weighted by atomic mass is 32.2. The number of fused-ring (bicyclic) bond motifs is 3. The summed E-state index contributed by atoms with van der Waals surface area (Å²) in [5, 5.41) is 0.976. The Morgan fingerprint density at radius 3 is 2.15 bits per heavy atom. The van der Waals surface area contributed by atoms with Crippen LogP contribution in [-0.2, 0) is 31.5 Å². The van der Waals surface area contributed by atoms with Crippen LogP contribution in [0, 0.1) is 5.82 Å². The highest BCUT2D eigenvalue weighted by molar-refractivity contribution is 7.92. The van der Waals surface area contributed by atoms with Gasteiger partial charge < -0.3 is 4.90 Å². The fourth-order valence-corrected chi connectivity index (χ4v) is 8.20. The molecule has 3 amide bonds. The molecule has 0 bridgehead atoms. The molecule has 2 unspecified atom stereocenters. The van der Waals surface area contributed by atoms with Gasteiger partial charge >= 0.3 is 24.1 Å². The molecule has 5 rings (SSSR count). The van der Waals surface area contributed by atoms with E-state index < -0.39 is 79.1 Å². The normalized spacial score (nSPS) is 23.3. The highest BCUT2D eigenvalue weighted by Gasteiger charge is 2.75. The maximum Gasteiger partial charge on any atom is 0.437 e. The number of hydrogen-bond donors (Lipinski definition) is 1. The molecule has 8 nitrogen and oxygen atoms in total. The van der Waals surface area contributed by atoms with Crippen LogP contribution in [0.2, 0.25) is 0 Å². The number of rotatable bonds is 3. The van der Waals surface area contributed by atoms with Crippen molar-refractivity contribution in [1.82, 2.24) is 20.3 Å². The fourth-order valence-electron chi connectivity index (χ4n) is 5.84. The number of benzene rings is 1. The Bertz CT molecular complexity index is 1500. The van der Waals surface area contributed by atoms with Gasteiger partial charge in [0.05, 0.1) is 23.2 Å². The van der Waals surface area contributed by atoms with E-state index in [0.29, 0.717) is 6.07 Å². The number of sulfone groups is 1. The quantitative estimate of drug-likeness (QED) is 0.417. The summed E-state index contributed by atoms with van der Waals surface area (Å²) in [6.45, 7) is -0.247. The third kappa shape index (κ3) is 4.14. The molecule has 1 aromatic carbocycles. The first-order valence-corrected chi connectivity index (χ1v) is 13.6. The second-order valence-electron chi connectivity index (χ2n) is 9.91. The van der Waals surface area contributed by atoms with Gasteiger partial charge in [-0.1, -0.05) is 6.07 Å². The first-order valence-electron chi connectivity index (χ1n) is 12.2. The number of aryl methyl sites for hydroxylation is 1. The number of amides is 3. The lowest BCUT2D eigenvalue weighted by Crippen LogP contribution is -2.56. The number of aromatic nitrogens is 1. The number of nitrogens with zero attached hydrogens (tertiary/aromatic N) is 3. The van der Waals surface area contributed by atoms with Crippen molar-refractivity contribution in [2.45, 2.75) is 59.4 Å². The van der Waals surface area contributed by atoms with Gasteiger partial charge in [0, 0.05) is 18.7 Å². The number of halogens is 8. The molecule has 0 radical (unpaired) electrons. The molecule has 2 aliphatic heterocycles. The van der Waals surface area contributed by atoms with Crippen LogP contribution in [0.3, 0.4) is 0 Å². The third-order valence-corrected chi connectivity index (χ3v) is 10.3. The van der Waals surface area contributed by atoms with Crippen LogP contribution in [0.25, 0.3) is 0 Å². The minimum absolute atomic E-state index is 0.0117. The lowest BCUT2D eigenvalue weighted by molar-refractivity contribution is -0.350. The lowest BCUT2D eigenvalue weighted by Gasteiger charge is -2.42. The predicted molar refractivity (Wildman–Crippen MR) is 123 cm³/mol. The number of urea groups is 1. The zero-order chi connectivity index (χ0) is 30.2. The number of carbonyl (C=O) groups is 2. The second-order valence-corrected chi connectivity index (χ2v) is 12.1. The molecule has 2 aromatic rings. The van der Waals surface area contributed by atoms with Crippen molar-refractivity contribution >= 4 is 21.8 Å². The van der Waals surface area contributed by atoms with Crippen molar-refractivity contribution in [2.24, 2.45) is 0 Å². The molecule has 1 aromatic heterocycles. The Labute approximate surface area is 227 Å². The van der Waals surface area contributed by atoms with E-state index in [4.69, 9.17) is 0 Å². The van der Waals surface area contributed by atoms with Crippen LogP contribution in [-0.4, -0.2) is 66.7 Å². The molecule has 3 aliphatic rings. The standard InChI is InChI=1S/C24H20F8N4O4S/c25-13-1-3-14(4-2-13)41(39,40)21-10-12-35(20(38)36-11-9-19(37)34-36)18(21)8-6-16-15(21)5-7-17(33-16)22(26,23(27,28)29)24(30,31)32/h1-5,7,18H,6,8-12H2,(H,34,37). The van der Waals surface area contributed by atoms with E-state index in [1.807, 2.05) is 0 Å². The average molecular weight is 612 g/mol. The van der Waals surface area contributed by atoms with E-state index in [-0.39, 0.29) is 44.0 Å². The Kier molecular flexibility index (Phi) is 6.55. The van der Waals surface area contributed by atoms with Gasteiger partial charge in [-0.05, 0) is 55.2 Å². The average Bonchev–Trinajstić information content (AvgIpc) is 3.51. The zero-order valence-electron chi connectivity index (χ0n) is 20.7. The first-order chi connectivity index (χ1) is 18.9. The van der Waals surface area contributed by atoms with E-state index in [1.165, 1.54) is 0 Å². The summed E-state index contributed by atoms with van der Waals surface area (Å²) in [5.41, 5.74) is -6.31. The summed E-state index contributed by atoms with van der Waals surface area (Å²) >= 11 is 0. The molecular formula is C24H20F8N4O4S. The SMILES string of the molecule is O=C1CCN(C(=O)N2CCC3(S(=O)(=O)c4ccc(F)cc4)c4ccc(C(F)(C(F)(F)F)C(F)(F)F)nc4CCC23)N1. The van der Waals surface area contributed by atoms with Gasteiger partial charge in [-0.25, -0.2) is 27.0 Å². The molecule has 2 atom stereocenters. The summed E-state index contributed by atoms with van der Waals surface area (Å²) in [6, 6.07) is 2.44. The van der Waals surface area contributed by atoms with E-state index in [9.17, 15) is 53.1 Å². The second kappa shape index (κ2) is 9.25. The van der Waals surface area contributed by atoms with Crippen LogP contribution in [0.15, 0.2) is 41.3 Å². The minimum Gasteiger partial charge on any atom is -0.318 e. The molecule has 1 aliphatic carbocycles.